The summed E-state index contributed by atoms with van der Waals surface area (Å²) in [5, 5.41) is 15.4. The summed E-state index contributed by atoms with van der Waals surface area (Å²) < 4.78 is 1.97. The minimum absolute atomic E-state index is 0.0423. The Morgan fingerprint density at radius 3 is 2.73 bits per heavy atom. The molecular formula is C24H20N6O2S. The Balaban J connectivity index is 1.61. The van der Waals surface area contributed by atoms with Gasteiger partial charge < -0.3 is 14.8 Å². The molecule has 1 aliphatic heterocycles. The van der Waals surface area contributed by atoms with Crippen LogP contribution in [0.15, 0.2) is 91.5 Å². The summed E-state index contributed by atoms with van der Waals surface area (Å²) in [5.74, 6) is 0. The van der Waals surface area contributed by atoms with E-state index in [1.165, 1.54) is 6.07 Å². The first-order chi connectivity index (χ1) is 16.1. The van der Waals surface area contributed by atoms with Gasteiger partial charge in [-0.2, -0.15) is 0 Å². The van der Waals surface area contributed by atoms with Crippen LogP contribution < -0.4 is 5.32 Å². The molecule has 4 aromatic rings. The highest BCUT2D eigenvalue weighted by Gasteiger charge is 2.41. The molecule has 9 heteroatoms. The van der Waals surface area contributed by atoms with Crippen LogP contribution in [0.4, 0.5) is 5.69 Å². The Labute approximate surface area is 195 Å². The lowest BCUT2D eigenvalue weighted by Gasteiger charge is -2.29. The molecule has 5 rings (SSSR count). The Kier molecular flexibility index (Phi) is 5.54. The van der Waals surface area contributed by atoms with Crippen molar-refractivity contribution in [3.63, 3.8) is 0 Å². The Hall–Kier alpha value is -4.11. The number of pyridine rings is 2. The van der Waals surface area contributed by atoms with Crippen LogP contribution in [0.5, 0.6) is 0 Å². The maximum absolute atomic E-state index is 11.3. The molecule has 4 heterocycles. The lowest BCUT2D eigenvalue weighted by Crippen LogP contribution is -2.30. The molecule has 2 atom stereocenters. The predicted octanol–water partition coefficient (Wildman–Crippen LogP) is 4.35. The molecule has 0 saturated carbocycles. The van der Waals surface area contributed by atoms with Crippen molar-refractivity contribution >= 4 is 23.0 Å². The van der Waals surface area contributed by atoms with Gasteiger partial charge in [0.05, 0.1) is 28.4 Å². The van der Waals surface area contributed by atoms with Crippen molar-refractivity contribution in [3.8, 4) is 5.69 Å². The van der Waals surface area contributed by atoms with Crippen LogP contribution in [0.25, 0.3) is 5.69 Å². The molecule has 0 spiro atoms. The summed E-state index contributed by atoms with van der Waals surface area (Å²) in [5.41, 5.74) is 3.60. The van der Waals surface area contributed by atoms with Gasteiger partial charge in [0.25, 0.3) is 5.69 Å². The highest BCUT2D eigenvalue weighted by Crippen LogP contribution is 2.40. The molecule has 1 saturated heterocycles. The molecule has 0 aliphatic carbocycles. The Morgan fingerprint density at radius 2 is 1.97 bits per heavy atom. The quantitative estimate of drug-likeness (QED) is 0.262. The van der Waals surface area contributed by atoms with E-state index in [0.717, 1.165) is 17.0 Å². The lowest BCUT2D eigenvalue weighted by molar-refractivity contribution is -0.384. The number of benzene rings is 1. The van der Waals surface area contributed by atoms with Crippen LogP contribution >= 0.6 is 12.2 Å². The van der Waals surface area contributed by atoms with E-state index >= 15 is 0 Å². The number of nitro benzene ring substituents is 1. The van der Waals surface area contributed by atoms with Gasteiger partial charge in [-0.05, 0) is 54.2 Å². The fraction of sp³-hybridized carbons (Fsp3) is 0.125. The number of thiocarbonyl (C=S) groups is 1. The molecule has 1 aliphatic rings. The van der Waals surface area contributed by atoms with Crippen LogP contribution in [0.3, 0.4) is 0 Å². The van der Waals surface area contributed by atoms with E-state index in [4.69, 9.17) is 12.2 Å². The van der Waals surface area contributed by atoms with Crippen LogP contribution in [-0.2, 0) is 6.54 Å². The van der Waals surface area contributed by atoms with Gasteiger partial charge in [0.2, 0.25) is 0 Å². The van der Waals surface area contributed by atoms with Crippen molar-refractivity contribution in [2.24, 2.45) is 0 Å². The van der Waals surface area contributed by atoms with Crippen molar-refractivity contribution in [1.82, 2.24) is 24.8 Å². The van der Waals surface area contributed by atoms with E-state index in [-0.39, 0.29) is 22.7 Å². The first-order valence-corrected chi connectivity index (χ1v) is 10.8. The molecule has 1 N–H and O–H groups in total. The van der Waals surface area contributed by atoms with Gasteiger partial charge in [-0.15, -0.1) is 0 Å². The number of nitrogens with zero attached hydrogens (tertiary/aromatic N) is 5. The van der Waals surface area contributed by atoms with E-state index in [0.29, 0.717) is 17.3 Å². The van der Waals surface area contributed by atoms with E-state index in [1.54, 1.807) is 24.5 Å². The highest BCUT2D eigenvalue weighted by atomic mass is 32.1. The minimum atomic E-state index is -0.385. The maximum Gasteiger partial charge on any atom is 0.271 e. The van der Waals surface area contributed by atoms with Crippen molar-refractivity contribution in [1.29, 1.82) is 0 Å². The SMILES string of the molecule is O=[N+]([O-])c1cccc(-n2cccc2[C@@H]2[C@@H](c3ccccn3)NC(=S)N2Cc2cccnc2)c1. The summed E-state index contributed by atoms with van der Waals surface area (Å²) in [7, 11) is 0. The minimum Gasteiger partial charge on any atom is -0.352 e. The number of nitrogens with one attached hydrogen (secondary N) is 1. The molecule has 0 unspecified atom stereocenters. The monoisotopic (exact) mass is 456 g/mol. The fourth-order valence-corrected chi connectivity index (χ4v) is 4.52. The van der Waals surface area contributed by atoms with Gasteiger partial charge >= 0.3 is 0 Å². The van der Waals surface area contributed by atoms with E-state index in [1.807, 2.05) is 65.5 Å². The zero-order valence-corrected chi connectivity index (χ0v) is 18.3. The van der Waals surface area contributed by atoms with Gasteiger partial charge in [0.1, 0.15) is 0 Å². The van der Waals surface area contributed by atoms with Gasteiger partial charge in [0, 0.05) is 49.2 Å². The van der Waals surface area contributed by atoms with Crippen LogP contribution in [0.1, 0.15) is 29.0 Å². The molecule has 33 heavy (non-hydrogen) atoms. The second kappa shape index (κ2) is 8.79. The number of aromatic nitrogens is 3. The van der Waals surface area contributed by atoms with Crippen molar-refractivity contribution in [3.05, 3.63) is 119 Å². The first kappa shape index (κ1) is 20.8. The van der Waals surface area contributed by atoms with Crippen LogP contribution in [0.2, 0.25) is 0 Å². The molecule has 1 fully saturated rings. The second-order valence-electron chi connectivity index (χ2n) is 7.70. The number of rotatable bonds is 6. The summed E-state index contributed by atoms with van der Waals surface area (Å²) in [6.45, 7) is 0.563. The average molecular weight is 457 g/mol. The zero-order valence-electron chi connectivity index (χ0n) is 17.5. The smallest absolute Gasteiger partial charge is 0.271 e. The summed E-state index contributed by atoms with van der Waals surface area (Å²) in [4.78, 5) is 21.9. The number of hydrogen-bond donors (Lipinski definition) is 1. The topological polar surface area (TPSA) is 89.1 Å². The third-order valence-electron chi connectivity index (χ3n) is 5.68. The normalized spacial score (nSPS) is 17.7. The van der Waals surface area contributed by atoms with Crippen molar-refractivity contribution in [2.45, 2.75) is 18.6 Å². The first-order valence-electron chi connectivity index (χ1n) is 10.4. The van der Waals surface area contributed by atoms with Gasteiger partial charge in [-0.25, -0.2) is 0 Å². The number of non-ortho nitro benzene ring substituents is 1. The van der Waals surface area contributed by atoms with E-state index < -0.39 is 0 Å². The van der Waals surface area contributed by atoms with E-state index in [2.05, 4.69) is 20.2 Å². The van der Waals surface area contributed by atoms with Crippen molar-refractivity contribution < 1.29 is 4.92 Å². The molecule has 0 amide bonds. The molecule has 1 aromatic carbocycles. The maximum atomic E-state index is 11.3. The Morgan fingerprint density at radius 1 is 1.06 bits per heavy atom. The summed E-state index contributed by atoms with van der Waals surface area (Å²) in [6.07, 6.45) is 7.24. The van der Waals surface area contributed by atoms with E-state index in [9.17, 15) is 10.1 Å². The van der Waals surface area contributed by atoms with Crippen LogP contribution in [-0.4, -0.2) is 29.5 Å². The van der Waals surface area contributed by atoms with Gasteiger partial charge in [-0.1, -0.05) is 18.2 Å². The third-order valence-corrected chi connectivity index (χ3v) is 6.03. The largest absolute Gasteiger partial charge is 0.352 e. The van der Waals surface area contributed by atoms with Gasteiger partial charge in [-0.3, -0.25) is 20.1 Å². The fourth-order valence-electron chi connectivity index (χ4n) is 4.21. The molecule has 3 aromatic heterocycles. The molecule has 0 radical (unpaired) electrons. The van der Waals surface area contributed by atoms with Crippen LogP contribution in [0, 0.1) is 10.1 Å². The molecular weight excluding hydrogens is 436 g/mol. The molecule has 8 nitrogen and oxygen atoms in total. The summed E-state index contributed by atoms with van der Waals surface area (Å²) in [6, 6.07) is 19.9. The van der Waals surface area contributed by atoms with Gasteiger partial charge in [0.15, 0.2) is 5.11 Å². The number of hydrogen-bond acceptors (Lipinski definition) is 5. The van der Waals surface area contributed by atoms with Crippen molar-refractivity contribution in [2.75, 3.05) is 0 Å². The molecule has 164 valence electrons. The number of nitro groups is 1. The standard InChI is InChI=1S/C24H20N6O2S/c31-30(32)19-8-3-7-18(14-19)28-13-5-10-21(28)23-22(20-9-1-2-12-26-20)27-24(33)29(23)16-17-6-4-11-25-15-17/h1-15,22-23H,16H2,(H,27,33)/t22-,23-/m1/s1. The molecule has 0 bridgehead atoms. The summed E-state index contributed by atoms with van der Waals surface area (Å²) >= 11 is 5.75. The third kappa shape index (κ3) is 4.06. The average Bonchev–Trinajstić information content (AvgIpc) is 3.45. The predicted molar refractivity (Wildman–Crippen MR) is 128 cm³/mol. The highest BCUT2D eigenvalue weighted by molar-refractivity contribution is 7.80. The Bertz CT molecular complexity index is 1290. The second-order valence-corrected chi connectivity index (χ2v) is 8.08. The lowest BCUT2D eigenvalue weighted by atomic mass is 10.0. The zero-order chi connectivity index (χ0) is 22.8.